The molecular formula is C24H31N7O5S. The van der Waals surface area contributed by atoms with Crippen LogP contribution in [0.5, 0.6) is 11.5 Å². The predicted octanol–water partition coefficient (Wildman–Crippen LogP) is 0.995. The van der Waals surface area contributed by atoms with Gasteiger partial charge in [0, 0.05) is 36.7 Å². The molecular weight excluding hydrogens is 498 g/mol. The summed E-state index contributed by atoms with van der Waals surface area (Å²) in [6.45, 7) is 3.72. The molecule has 0 saturated carbocycles. The average Bonchev–Trinajstić information content (AvgIpc) is 3.40. The van der Waals surface area contributed by atoms with E-state index in [1.165, 1.54) is 0 Å². The second-order valence-corrected chi connectivity index (χ2v) is 10.4. The molecule has 1 aromatic carbocycles. The maximum absolute atomic E-state index is 12.6. The van der Waals surface area contributed by atoms with Crippen molar-refractivity contribution in [2.45, 2.75) is 26.2 Å². The maximum atomic E-state index is 12.6. The first-order chi connectivity index (χ1) is 17.8. The van der Waals surface area contributed by atoms with E-state index in [0.29, 0.717) is 57.3 Å². The van der Waals surface area contributed by atoms with E-state index < -0.39 is 10.0 Å². The molecule has 2 aromatic heterocycles. The Labute approximate surface area is 215 Å². The lowest BCUT2D eigenvalue weighted by Crippen LogP contribution is -2.32. The number of anilines is 1. The summed E-state index contributed by atoms with van der Waals surface area (Å²) in [5.74, 6) is 2.24. The van der Waals surface area contributed by atoms with Crippen molar-refractivity contribution in [3.8, 4) is 17.4 Å². The summed E-state index contributed by atoms with van der Waals surface area (Å²) in [5, 5.41) is 6.05. The fourth-order valence-corrected chi connectivity index (χ4v) is 4.37. The van der Waals surface area contributed by atoms with E-state index in [1.807, 2.05) is 25.1 Å². The fourth-order valence-electron chi connectivity index (χ4n) is 3.86. The molecule has 0 unspecified atom stereocenters. The van der Waals surface area contributed by atoms with Gasteiger partial charge >= 0.3 is 0 Å². The Kier molecular flexibility index (Phi) is 8.56. The summed E-state index contributed by atoms with van der Waals surface area (Å²) >= 11 is 0. The smallest absolute Gasteiger partial charge is 0.239 e. The van der Waals surface area contributed by atoms with Gasteiger partial charge in [0.1, 0.15) is 25.4 Å². The number of rotatable bonds is 12. The van der Waals surface area contributed by atoms with Crippen molar-refractivity contribution in [1.29, 1.82) is 0 Å². The lowest BCUT2D eigenvalue weighted by Gasteiger charge is -2.19. The molecule has 0 spiro atoms. The summed E-state index contributed by atoms with van der Waals surface area (Å²) in [6, 6.07) is 5.78. The number of aryl methyl sites for hydroxylation is 1. The highest BCUT2D eigenvalue weighted by Gasteiger charge is 2.15. The van der Waals surface area contributed by atoms with Gasteiger partial charge < -0.3 is 20.1 Å². The standard InChI is InChI=1S/C24H31N7O5S/c1-17-19(4-3-8-28-37(2,33)34)23(30-24(29-17)31-11-10-25-16-31)27-15-22(32)26-9-7-18-5-6-20-21(14-18)36-13-12-35-20/h5-6,10-11,14,16,28H,3-4,7-9,12-13,15H2,1-2H3,(H,26,32)(H,27,29,30). The third kappa shape index (κ3) is 7.64. The average molecular weight is 530 g/mol. The zero-order chi connectivity index (χ0) is 26.3. The van der Waals surface area contributed by atoms with E-state index in [0.717, 1.165) is 34.6 Å². The van der Waals surface area contributed by atoms with E-state index >= 15 is 0 Å². The molecule has 1 aliphatic heterocycles. The number of amides is 1. The molecule has 3 N–H and O–H groups in total. The van der Waals surface area contributed by atoms with Gasteiger partial charge in [0.2, 0.25) is 21.9 Å². The third-order valence-electron chi connectivity index (χ3n) is 5.66. The van der Waals surface area contributed by atoms with E-state index in [1.54, 1.807) is 23.3 Å². The molecule has 0 fully saturated rings. The largest absolute Gasteiger partial charge is 0.486 e. The first-order valence-corrected chi connectivity index (χ1v) is 13.9. The summed E-state index contributed by atoms with van der Waals surface area (Å²) in [5.41, 5.74) is 2.60. The number of hydrogen-bond donors (Lipinski definition) is 3. The second kappa shape index (κ2) is 12.0. The Balaban J connectivity index is 1.35. The summed E-state index contributed by atoms with van der Waals surface area (Å²) < 4.78 is 38.0. The van der Waals surface area contributed by atoms with Crippen LogP contribution in [0.2, 0.25) is 0 Å². The number of nitrogens with one attached hydrogen (secondary N) is 3. The lowest BCUT2D eigenvalue weighted by atomic mass is 10.1. The van der Waals surface area contributed by atoms with E-state index in [-0.39, 0.29) is 12.5 Å². The van der Waals surface area contributed by atoms with Gasteiger partial charge in [-0.2, -0.15) is 4.98 Å². The van der Waals surface area contributed by atoms with Crippen molar-refractivity contribution in [1.82, 2.24) is 29.6 Å². The first kappa shape index (κ1) is 26.4. The molecule has 3 aromatic rings. The zero-order valence-corrected chi connectivity index (χ0v) is 21.7. The number of nitrogens with zero attached hydrogens (tertiary/aromatic N) is 4. The van der Waals surface area contributed by atoms with E-state index in [9.17, 15) is 13.2 Å². The van der Waals surface area contributed by atoms with Gasteiger partial charge in [-0.1, -0.05) is 6.07 Å². The number of fused-ring (bicyclic) bond motifs is 1. The van der Waals surface area contributed by atoms with Crippen LogP contribution in [-0.4, -0.2) is 72.9 Å². The number of benzene rings is 1. The lowest BCUT2D eigenvalue weighted by molar-refractivity contribution is -0.119. The maximum Gasteiger partial charge on any atom is 0.239 e. The van der Waals surface area contributed by atoms with Crippen molar-refractivity contribution in [2.75, 3.05) is 44.4 Å². The van der Waals surface area contributed by atoms with Gasteiger partial charge in [0.15, 0.2) is 11.5 Å². The molecule has 1 aliphatic rings. The Morgan fingerprint density at radius 1 is 1.11 bits per heavy atom. The fraction of sp³-hybridized carbons (Fsp3) is 0.417. The van der Waals surface area contributed by atoms with Gasteiger partial charge in [0.25, 0.3) is 0 Å². The Morgan fingerprint density at radius 2 is 1.92 bits per heavy atom. The summed E-state index contributed by atoms with van der Waals surface area (Å²) in [7, 11) is -3.26. The predicted molar refractivity (Wildman–Crippen MR) is 138 cm³/mol. The molecule has 0 radical (unpaired) electrons. The molecule has 0 bridgehead atoms. The van der Waals surface area contributed by atoms with Gasteiger partial charge in [-0.15, -0.1) is 0 Å². The van der Waals surface area contributed by atoms with Crippen LogP contribution in [0.3, 0.4) is 0 Å². The third-order valence-corrected chi connectivity index (χ3v) is 6.39. The van der Waals surface area contributed by atoms with Crippen LogP contribution in [0.4, 0.5) is 5.82 Å². The van der Waals surface area contributed by atoms with Gasteiger partial charge in [-0.25, -0.2) is 23.1 Å². The van der Waals surface area contributed by atoms with E-state index in [2.05, 4.69) is 30.3 Å². The Morgan fingerprint density at radius 3 is 2.68 bits per heavy atom. The quantitative estimate of drug-likeness (QED) is 0.292. The summed E-state index contributed by atoms with van der Waals surface area (Å²) in [4.78, 5) is 25.8. The van der Waals surface area contributed by atoms with Crippen LogP contribution in [0.1, 0.15) is 23.2 Å². The number of sulfonamides is 1. The summed E-state index contributed by atoms with van der Waals surface area (Å²) in [6.07, 6.45) is 7.83. The van der Waals surface area contributed by atoms with Gasteiger partial charge in [-0.3, -0.25) is 9.36 Å². The molecule has 13 heteroatoms. The molecule has 37 heavy (non-hydrogen) atoms. The molecule has 0 atom stereocenters. The van der Waals surface area contributed by atoms with Crippen molar-refractivity contribution in [3.05, 3.63) is 53.7 Å². The van der Waals surface area contributed by atoms with Crippen LogP contribution in [0.15, 0.2) is 36.9 Å². The minimum absolute atomic E-state index is 0.0234. The second-order valence-electron chi connectivity index (χ2n) is 8.61. The number of imidazole rings is 1. The molecule has 0 aliphatic carbocycles. The van der Waals surface area contributed by atoms with Crippen molar-refractivity contribution >= 4 is 21.7 Å². The van der Waals surface area contributed by atoms with E-state index in [4.69, 9.17) is 9.47 Å². The van der Waals surface area contributed by atoms with Crippen LogP contribution < -0.4 is 24.8 Å². The van der Waals surface area contributed by atoms with Gasteiger partial charge in [0.05, 0.1) is 12.8 Å². The number of carbonyl (C=O) groups is 1. The minimum Gasteiger partial charge on any atom is -0.486 e. The molecule has 4 rings (SSSR count). The number of aromatic nitrogens is 4. The normalized spacial score (nSPS) is 12.8. The van der Waals surface area contributed by atoms with Crippen LogP contribution in [-0.2, 0) is 27.7 Å². The van der Waals surface area contributed by atoms with Crippen molar-refractivity contribution in [3.63, 3.8) is 0 Å². The molecule has 12 nitrogen and oxygen atoms in total. The molecule has 198 valence electrons. The highest BCUT2D eigenvalue weighted by molar-refractivity contribution is 7.88. The first-order valence-electron chi connectivity index (χ1n) is 12.0. The SMILES string of the molecule is Cc1nc(-n2ccnc2)nc(NCC(=O)NCCc2ccc3c(c2)OCCO3)c1CCCNS(C)(=O)=O. The van der Waals surface area contributed by atoms with Crippen LogP contribution >= 0.6 is 0 Å². The Hall–Kier alpha value is -3.71. The highest BCUT2D eigenvalue weighted by atomic mass is 32.2. The monoisotopic (exact) mass is 529 g/mol. The topological polar surface area (TPSA) is 149 Å². The Bertz CT molecular complexity index is 1330. The van der Waals surface area contributed by atoms with Gasteiger partial charge in [-0.05, 0) is 43.9 Å². The molecule has 3 heterocycles. The van der Waals surface area contributed by atoms with Crippen molar-refractivity contribution < 1.29 is 22.7 Å². The van der Waals surface area contributed by atoms with Crippen LogP contribution in [0.25, 0.3) is 5.95 Å². The molecule has 1 amide bonds. The minimum atomic E-state index is -3.26. The zero-order valence-electron chi connectivity index (χ0n) is 20.9. The number of hydrogen-bond acceptors (Lipinski definition) is 9. The van der Waals surface area contributed by atoms with Crippen LogP contribution in [0, 0.1) is 6.92 Å². The highest BCUT2D eigenvalue weighted by Crippen LogP contribution is 2.30. The number of ether oxygens (including phenoxy) is 2. The van der Waals surface area contributed by atoms with Crippen molar-refractivity contribution in [2.24, 2.45) is 0 Å². The molecule has 0 saturated heterocycles. The number of carbonyl (C=O) groups excluding carboxylic acids is 1.